The van der Waals surface area contributed by atoms with Crippen LogP contribution in [0.4, 0.5) is 8.78 Å². The summed E-state index contributed by atoms with van der Waals surface area (Å²) in [5, 5.41) is 5.42. The quantitative estimate of drug-likeness (QED) is 0.132. The molecule has 6 heteroatoms. The standard InChI is InChI=1S/C29H50F2N2O2/c1-3-5-7-9-11-13-15-17-19-26(30)28(34)32-24-21-22-25(23-24)33-29(35)27(31)20-18-16-14-12-10-8-6-4-2/h19-20,24-25H,3-18,21-23H2,1-2H3,(H,32,34)(H,33,35). The molecule has 202 valence electrons. The Labute approximate surface area is 212 Å². The molecule has 4 nitrogen and oxygen atoms in total. The van der Waals surface area contributed by atoms with Gasteiger partial charge in [-0.15, -0.1) is 0 Å². The van der Waals surface area contributed by atoms with Gasteiger partial charge in [-0.2, -0.15) is 0 Å². The van der Waals surface area contributed by atoms with Crippen LogP contribution >= 0.6 is 0 Å². The number of allylic oxidation sites excluding steroid dienone is 2. The minimum atomic E-state index is -0.734. The maximum Gasteiger partial charge on any atom is 0.279 e. The van der Waals surface area contributed by atoms with Gasteiger partial charge < -0.3 is 10.6 Å². The van der Waals surface area contributed by atoms with Gasteiger partial charge in [0.1, 0.15) is 0 Å². The smallest absolute Gasteiger partial charge is 0.279 e. The number of rotatable bonds is 20. The van der Waals surface area contributed by atoms with Crippen LogP contribution < -0.4 is 10.6 Å². The summed E-state index contributed by atoms with van der Waals surface area (Å²) < 4.78 is 28.2. The first kappa shape index (κ1) is 31.3. The highest BCUT2D eigenvalue weighted by Crippen LogP contribution is 2.21. The fourth-order valence-corrected chi connectivity index (χ4v) is 4.60. The average molecular weight is 497 g/mol. The number of amides is 2. The van der Waals surface area contributed by atoms with Gasteiger partial charge in [0.2, 0.25) is 0 Å². The van der Waals surface area contributed by atoms with E-state index in [1.165, 1.54) is 63.5 Å². The van der Waals surface area contributed by atoms with Crippen LogP contribution in [0.3, 0.4) is 0 Å². The molecule has 0 spiro atoms. The summed E-state index contributed by atoms with van der Waals surface area (Å²) in [5.74, 6) is -2.85. The maximum absolute atomic E-state index is 14.1. The topological polar surface area (TPSA) is 58.2 Å². The lowest BCUT2D eigenvalue weighted by molar-refractivity contribution is -0.119. The van der Waals surface area contributed by atoms with Gasteiger partial charge in [0, 0.05) is 12.1 Å². The fraction of sp³-hybridized carbons (Fsp3) is 0.793. The Kier molecular flexibility index (Phi) is 18.3. The Morgan fingerprint density at radius 1 is 0.629 bits per heavy atom. The molecule has 0 saturated heterocycles. The third-order valence-corrected chi connectivity index (χ3v) is 6.80. The molecule has 1 aliphatic carbocycles. The van der Waals surface area contributed by atoms with Crippen molar-refractivity contribution in [1.29, 1.82) is 0 Å². The van der Waals surface area contributed by atoms with Crippen LogP contribution in [0, 0.1) is 0 Å². The molecule has 0 bridgehead atoms. The van der Waals surface area contributed by atoms with Gasteiger partial charge in [-0.05, 0) is 57.1 Å². The third-order valence-electron chi connectivity index (χ3n) is 6.80. The van der Waals surface area contributed by atoms with E-state index in [2.05, 4.69) is 24.5 Å². The highest BCUT2D eigenvalue weighted by atomic mass is 19.1. The summed E-state index contributed by atoms with van der Waals surface area (Å²) in [7, 11) is 0. The minimum Gasteiger partial charge on any atom is -0.347 e. The number of unbranched alkanes of at least 4 members (excludes halogenated alkanes) is 14. The predicted molar refractivity (Wildman–Crippen MR) is 141 cm³/mol. The molecular formula is C29H50F2N2O2. The van der Waals surface area contributed by atoms with E-state index in [1.807, 2.05) is 0 Å². The Bertz CT molecular complexity index is 595. The third kappa shape index (κ3) is 15.8. The maximum atomic E-state index is 14.1. The van der Waals surface area contributed by atoms with E-state index >= 15 is 0 Å². The number of nitrogens with one attached hydrogen (secondary N) is 2. The first-order valence-corrected chi connectivity index (χ1v) is 14.3. The van der Waals surface area contributed by atoms with Crippen LogP contribution in [0.1, 0.15) is 136 Å². The molecular weight excluding hydrogens is 446 g/mol. The van der Waals surface area contributed by atoms with Crippen molar-refractivity contribution in [2.24, 2.45) is 0 Å². The molecule has 0 aliphatic heterocycles. The molecule has 0 aromatic rings. The molecule has 2 N–H and O–H groups in total. The first-order valence-electron chi connectivity index (χ1n) is 14.3. The molecule has 0 heterocycles. The molecule has 0 aromatic carbocycles. The van der Waals surface area contributed by atoms with Gasteiger partial charge in [0.15, 0.2) is 11.7 Å². The minimum absolute atomic E-state index is 0.203. The van der Waals surface area contributed by atoms with Gasteiger partial charge in [-0.25, -0.2) is 8.78 Å². The number of hydrogen-bond donors (Lipinski definition) is 2. The van der Waals surface area contributed by atoms with Crippen molar-refractivity contribution in [3.8, 4) is 0 Å². The summed E-state index contributed by atoms with van der Waals surface area (Å²) >= 11 is 0. The van der Waals surface area contributed by atoms with E-state index in [1.54, 1.807) is 0 Å². The van der Waals surface area contributed by atoms with E-state index in [4.69, 9.17) is 0 Å². The predicted octanol–water partition coefficient (Wildman–Crippen LogP) is 8.13. The first-order chi connectivity index (χ1) is 17.0. The number of carbonyl (C=O) groups excluding carboxylic acids is 2. The highest BCUT2D eigenvalue weighted by Gasteiger charge is 2.28. The van der Waals surface area contributed by atoms with Crippen molar-refractivity contribution in [3.05, 3.63) is 23.8 Å². The molecule has 1 aliphatic rings. The lowest BCUT2D eigenvalue weighted by atomic mass is 10.1. The van der Waals surface area contributed by atoms with Crippen LogP contribution in [0.15, 0.2) is 23.8 Å². The zero-order valence-corrected chi connectivity index (χ0v) is 22.3. The van der Waals surface area contributed by atoms with Crippen LogP contribution in [-0.2, 0) is 9.59 Å². The van der Waals surface area contributed by atoms with Crippen LogP contribution in [-0.4, -0.2) is 23.9 Å². The molecule has 2 amide bonds. The zero-order chi connectivity index (χ0) is 25.7. The Morgan fingerprint density at radius 3 is 1.34 bits per heavy atom. The van der Waals surface area contributed by atoms with E-state index in [0.717, 1.165) is 38.5 Å². The van der Waals surface area contributed by atoms with Crippen molar-refractivity contribution >= 4 is 11.8 Å². The lowest BCUT2D eigenvalue weighted by Crippen LogP contribution is -2.37. The Hall–Kier alpha value is -1.72. The second-order valence-electron chi connectivity index (χ2n) is 10.1. The normalized spacial score (nSPS) is 18.6. The van der Waals surface area contributed by atoms with Crippen LogP contribution in [0.25, 0.3) is 0 Å². The summed E-state index contributed by atoms with van der Waals surface area (Å²) in [6, 6.07) is -0.407. The summed E-state index contributed by atoms with van der Waals surface area (Å²) in [4.78, 5) is 24.2. The molecule has 0 aromatic heterocycles. The number of hydrogen-bond acceptors (Lipinski definition) is 2. The van der Waals surface area contributed by atoms with E-state index in [9.17, 15) is 18.4 Å². The van der Waals surface area contributed by atoms with Crippen LogP contribution in [0.5, 0.6) is 0 Å². The second-order valence-corrected chi connectivity index (χ2v) is 10.1. The Balaban J connectivity index is 2.19. The van der Waals surface area contributed by atoms with Crippen LogP contribution in [0.2, 0.25) is 0 Å². The van der Waals surface area contributed by atoms with E-state index < -0.39 is 23.5 Å². The average Bonchev–Trinajstić information content (AvgIpc) is 3.28. The van der Waals surface area contributed by atoms with Crippen molar-refractivity contribution in [3.63, 3.8) is 0 Å². The molecule has 1 saturated carbocycles. The van der Waals surface area contributed by atoms with Crippen molar-refractivity contribution in [2.75, 3.05) is 0 Å². The summed E-state index contributed by atoms with van der Waals surface area (Å²) in [6.07, 6.45) is 21.8. The van der Waals surface area contributed by atoms with E-state index in [-0.39, 0.29) is 12.1 Å². The molecule has 1 fully saturated rings. The molecule has 1 rings (SSSR count). The van der Waals surface area contributed by atoms with Gasteiger partial charge in [-0.3, -0.25) is 9.59 Å². The second kappa shape index (κ2) is 20.5. The van der Waals surface area contributed by atoms with E-state index in [0.29, 0.717) is 32.1 Å². The Morgan fingerprint density at radius 2 is 0.971 bits per heavy atom. The SMILES string of the molecule is CCCCCCCCCC=C(F)C(=O)NC1CCC(NC(=O)C(F)=CCCCCCCCCC)C1. The van der Waals surface area contributed by atoms with Crippen molar-refractivity contribution in [2.45, 2.75) is 148 Å². The number of halogens is 2. The molecule has 0 radical (unpaired) electrons. The lowest BCUT2D eigenvalue weighted by Gasteiger charge is -2.14. The molecule has 35 heavy (non-hydrogen) atoms. The van der Waals surface area contributed by atoms with Gasteiger partial charge in [0.05, 0.1) is 0 Å². The fourth-order valence-electron chi connectivity index (χ4n) is 4.60. The number of carbonyl (C=O) groups is 2. The molecule has 2 unspecified atom stereocenters. The largest absolute Gasteiger partial charge is 0.347 e. The summed E-state index contributed by atoms with van der Waals surface area (Å²) in [6.45, 7) is 4.38. The van der Waals surface area contributed by atoms with Crippen molar-refractivity contribution in [1.82, 2.24) is 10.6 Å². The zero-order valence-electron chi connectivity index (χ0n) is 22.3. The molecule has 2 atom stereocenters. The van der Waals surface area contributed by atoms with Gasteiger partial charge >= 0.3 is 0 Å². The monoisotopic (exact) mass is 496 g/mol. The van der Waals surface area contributed by atoms with Gasteiger partial charge in [0.25, 0.3) is 11.8 Å². The van der Waals surface area contributed by atoms with Gasteiger partial charge in [-0.1, -0.05) is 90.9 Å². The summed E-state index contributed by atoms with van der Waals surface area (Å²) in [5.41, 5.74) is 0. The van der Waals surface area contributed by atoms with Crippen molar-refractivity contribution < 1.29 is 18.4 Å². The highest BCUT2D eigenvalue weighted by molar-refractivity contribution is 5.92.